The highest BCUT2D eigenvalue weighted by molar-refractivity contribution is 7.30. The van der Waals surface area contributed by atoms with Gasteiger partial charge in [-0.05, 0) is 125 Å². The quantitative estimate of drug-likeness (QED) is 0.157. The first-order valence-corrected chi connectivity index (χ1v) is 24.2. The Labute approximate surface area is 394 Å². The summed E-state index contributed by atoms with van der Waals surface area (Å²) < 4.78 is 10.0. The Balaban J connectivity index is 0.999. The van der Waals surface area contributed by atoms with Crippen molar-refractivity contribution >= 4 is 86.7 Å². The summed E-state index contributed by atoms with van der Waals surface area (Å²) in [5.74, 6) is 0. The molecule has 0 fully saturated rings. The molecular formula is C61H38N4S2. The maximum atomic E-state index is 4.39. The average molecular weight is 891 g/mol. The van der Waals surface area contributed by atoms with Gasteiger partial charge in [-0.2, -0.15) is 0 Å². The number of fused-ring (bicyclic) bond motifs is 9. The van der Waals surface area contributed by atoms with Crippen molar-refractivity contribution in [1.29, 1.82) is 0 Å². The lowest BCUT2D eigenvalue weighted by atomic mass is 9.98. The van der Waals surface area contributed by atoms with Crippen molar-refractivity contribution in [2.75, 3.05) is 0 Å². The first-order valence-electron chi connectivity index (χ1n) is 22.6. The molecule has 0 atom stereocenters. The van der Waals surface area contributed by atoms with E-state index >= 15 is 0 Å². The summed E-state index contributed by atoms with van der Waals surface area (Å²) in [6.45, 7) is 0. The zero-order valence-corrected chi connectivity index (χ0v) is 37.7. The highest BCUT2D eigenvalue weighted by atomic mass is 32.1. The lowest BCUT2D eigenvalue weighted by Crippen LogP contribution is -1.94. The molecular weight excluding hydrogens is 853 g/mol. The number of benzene rings is 8. The van der Waals surface area contributed by atoms with Crippen molar-refractivity contribution in [3.8, 4) is 60.2 Å². The molecule has 0 spiro atoms. The minimum Gasteiger partial charge on any atom is -0.309 e. The smallest absolute Gasteiger partial charge is 0.0711 e. The first-order chi connectivity index (χ1) is 33.2. The van der Waals surface area contributed by atoms with Gasteiger partial charge in [0.25, 0.3) is 0 Å². The Morgan fingerprint density at radius 3 is 1.24 bits per heavy atom. The normalized spacial score (nSPS) is 11.9. The molecule has 0 aliphatic rings. The number of rotatable bonds is 7. The second-order valence-corrected chi connectivity index (χ2v) is 19.3. The third kappa shape index (κ3) is 6.07. The van der Waals surface area contributed by atoms with Crippen LogP contribution in [-0.2, 0) is 0 Å². The zero-order chi connectivity index (χ0) is 44.0. The lowest BCUT2D eigenvalue weighted by molar-refractivity contribution is 1.17. The molecule has 0 unspecified atom stereocenters. The van der Waals surface area contributed by atoms with Crippen LogP contribution in [0.5, 0.6) is 0 Å². The molecule has 4 nitrogen and oxygen atoms in total. The predicted octanol–water partition coefficient (Wildman–Crippen LogP) is 17.2. The molecule has 6 heterocycles. The van der Waals surface area contributed by atoms with Crippen LogP contribution in [0.3, 0.4) is 0 Å². The van der Waals surface area contributed by atoms with E-state index in [4.69, 9.17) is 0 Å². The number of para-hydroxylation sites is 3. The Morgan fingerprint density at radius 2 is 0.701 bits per heavy atom. The number of nitrogens with zero attached hydrogens (tertiary/aromatic N) is 4. The molecule has 0 radical (unpaired) electrons. The Kier molecular flexibility index (Phi) is 8.59. The van der Waals surface area contributed by atoms with Crippen LogP contribution in [-0.4, -0.2) is 18.7 Å². The fourth-order valence-corrected chi connectivity index (χ4v) is 12.7. The molecule has 8 aromatic carbocycles. The minimum absolute atomic E-state index is 1.11. The molecule has 0 saturated heterocycles. The molecule has 6 aromatic heterocycles. The highest BCUT2D eigenvalue weighted by Gasteiger charge is 2.23. The van der Waals surface area contributed by atoms with Gasteiger partial charge in [0.15, 0.2) is 0 Å². The number of hydrogen-bond donors (Lipinski definition) is 0. The number of thiophene rings is 2. The summed E-state index contributed by atoms with van der Waals surface area (Å²) in [6.07, 6.45) is 3.76. The van der Waals surface area contributed by atoms with Crippen LogP contribution >= 0.6 is 22.7 Å². The van der Waals surface area contributed by atoms with Crippen LogP contribution in [0.1, 0.15) is 0 Å². The van der Waals surface area contributed by atoms with Gasteiger partial charge in [0.2, 0.25) is 0 Å². The van der Waals surface area contributed by atoms with Crippen molar-refractivity contribution < 1.29 is 0 Å². The Hall–Kier alpha value is -8.29. The lowest BCUT2D eigenvalue weighted by Gasteiger charge is -2.09. The molecule has 14 aromatic rings. The molecule has 0 bridgehead atoms. The van der Waals surface area contributed by atoms with E-state index in [9.17, 15) is 0 Å². The predicted molar refractivity (Wildman–Crippen MR) is 285 cm³/mol. The van der Waals surface area contributed by atoms with E-state index in [1.807, 2.05) is 41.1 Å². The third-order valence-electron chi connectivity index (χ3n) is 13.3. The number of hydrogen-bond acceptors (Lipinski definition) is 3. The molecule has 0 amide bonds. The largest absolute Gasteiger partial charge is 0.309 e. The molecule has 0 aliphatic heterocycles. The fraction of sp³-hybridized carbons (Fsp3) is 0. The second-order valence-electron chi connectivity index (χ2n) is 17.2. The van der Waals surface area contributed by atoms with Crippen LogP contribution in [0.25, 0.3) is 124 Å². The molecule has 14 rings (SSSR count). The molecule has 314 valence electrons. The van der Waals surface area contributed by atoms with E-state index in [0.717, 1.165) is 22.5 Å². The summed E-state index contributed by atoms with van der Waals surface area (Å²) in [6, 6.07) is 79.9. The summed E-state index contributed by atoms with van der Waals surface area (Å²) >= 11 is 3.79. The molecule has 0 N–H and O–H groups in total. The van der Waals surface area contributed by atoms with Crippen LogP contribution in [0.4, 0.5) is 0 Å². The van der Waals surface area contributed by atoms with Crippen LogP contribution in [0.15, 0.2) is 231 Å². The standard InChI is InChI=1S/C61H38N4S2/c1-5-15-39(16-6-1)58-36-56-60(66-58)61-57(65(56)47-24-11-4-12-25-47)37-59(67-61)43-27-29-53-49(33-43)51-35-54-50(34-55(51)64(53)46-22-9-3-10-23-46)48-32-42(26-28-52(48)63(54)45-20-7-2-8-21-45)40-17-13-18-41(31-40)44-19-14-30-62-38-44/h1-38H. The molecule has 67 heavy (non-hydrogen) atoms. The van der Waals surface area contributed by atoms with Gasteiger partial charge >= 0.3 is 0 Å². The first kappa shape index (κ1) is 38.0. The van der Waals surface area contributed by atoms with Gasteiger partial charge < -0.3 is 13.7 Å². The van der Waals surface area contributed by atoms with E-state index in [2.05, 4.69) is 231 Å². The topological polar surface area (TPSA) is 27.7 Å². The van der Waals surface area contributed by atoms with Crippen molar-refractivity contribution in [1.82, 2.24) is 18.7 Å². The Morgan fingerprint density at radius 1 is 0.284 bits per heavy atom. The minimum atomic E-state index is 1.11. The van der Waals surface area contributed by atoms with Crippen molar-refractivity contribution in [3.63, 3.8) is 0 Å². The maximum absolute atomic E-state index is 4.39. The molecule has 0 saturated carbocycles. The van der Waals surface area contributed by atoms with E-state index < -0.39 is 0 Å². The van der Waals surface area contributed by atoms with Crippen LogP contribution in [0, 0.1) is 0 Å². The van der Waals surface area contributed by atoms with Gasteiger partial charge in [-0.25, -0.2) is 0 Å². The van der Waals surface area contributed by atoms with Crippen molar-refractivity contribution in [3.05, 3.63) is 231 Å². The van der Waals surface area contributed by atoms with Crippen LogP contribution in [0.2, 0.25) is 0 Å². The van der Waals surface area contributed by atoms with Crippen LogP contribution < -0.4 is 0 Å². The molecule has 0 aliphatic carbocycles. The summed E-state index contributed by atoms with van der Waals surface area (Å²) in [7, 11) is 0. The number of aromatic nitrogens is 4. The van der Waals surface area contributed by atoms with Gasteiger partial charge in [0.1, 0.15) is 0 Å². The van der Waals surface area contributed by atoms with E-state index in [-0.39, 0.29) is 0 Å². The fourth-order valence-electron chi connectivity index (χ4n) is 10.3. The summed E-state index contributed by atoms with van der Waals surface area (Å²) in [5.41, 5.74) is 17.8. The highest BCUT2D eigenvalue weighted by Crippen LogP contribution is 2.48. The van der Waals surface area contributed by atoms with E-state index in [1.165, 1.54) is 102 Å². The van der Waals surface area contributed by atoms with E-state index in [1.54, 1.807) is 0 Å². The van der Waals surface area contributed by atoms with Crippen molar-refractivity contribution in [2.45, 2.75) is 0 Å². The second kappa shape index (κ2) is 15.1. The summed E-state index contributed by atoms with van der Waals surface area (Å²) in [4.78, 5) is 6.94. The summed E-state index contributed by atoms with van der Waals surface area (Å²) in [5, 5.41) is 4.89. The van der Waals surface area contributed by atoms with Gasteiger partial charge in [0.05, 0.1) is 42.5 Å². The average Bonchev–Trinajstić information content (AvgIpc) is 4.22. The van der Waals surface area contributed by atoms with E-state index in [0.29, 0.717) is 0 Å². The maximum Gasteiger partial charge on any atom is 0.0711 e. The third-order valence-corrected chi connectivity index (χ3v) is 15.9. The number of pyridine rings is 1. The SMILES string of the molecule is c1ccc(-c2cc3c(s2)c2sc(-c4ccc5c(c4)c4cc6c(cc4n5-c4ccccc4)c4cc(-c5cccc(-c7cccnc7)c5)ccc4n6-c4ccccc4)cc2n3-c2ccccc2)cc1. The van der Waals surface area contributed by atoms with Crippen molar-refractivity contribution in [2.24, 2.45) is 0 Å². The Bertz CT molecular complexity index is 4180. The zero-order valence-electron chi connectivity index (χ0n) is 36.0. The molecule has 6 heteroatoms. The monoisotopic (exact) mass is 890 g/mol. The van der Waals surface area contributed by atoms with Gasteiger partial charge in [0, 0.05) is 66.3 Å². The van der Waals surface area contributed by atoms with Gasteiger partial charge in [-0.1, -0.05) is 121 Å². The van der Waals surface area contributed by atoms with Gasteiger partial charge in [-0.3, -0.25) is 4.98 Å². The van der Waals surface area contributed by atoms with Gasteiger partial charge in [-0.15, -0.1) is 22.7 Å².